The molecule has 0 aromatic carbocycles. The van der Waals surface area contributed by atoms with Crippen molar-refractivity contribution in [1.29, 1.82) is 0 Å². The molecule has 6 heteroatoms. The zero-order chi connectivity index (χ0) is 12.4. The first-order valence-corrected chi connectivity index (χ1v) is 5.62. The Bertz CT molecular complexity index is 441. The lowest BCUT2D eigenvalue weighted by Crippen LogP contribution is -2.20. The van der Waals surface area contributed by atoms with E-state index in [0.29, 0.717) is 13.0 Å². The smallest absolute Gasteiger partial charge is 0.250 e. The Balaban J connectivity index is 1.92. The molecule has 0 saturated carbocycles. The minimum absolute atomic E-state index is 0.0728. The van der Waals surface area contributed by atoms with Gasteiger partial charge in [-0.05, 0) is 6.07 Å². The maximum Gasteiger partial charge on any atom is 0.250 e. The highest BCUT2D eigenvalue weighted by molar-refractivity contribution is 6.30. The van der Waals surface area contributed by atoms with E-state index in [0.717, 1.165) is 6.07 Å². The predicted octanol–water partition coefficient (Wildman–Crippen LogP) is 1.73. The molecule has 0 radical (unpaired) electrons. The summed E-state index contributed by atoms with van der Waals surface area (Å²) in [6, 6.07) is 1.15. The third-order valence-electron chi connectivity index (χ3n) is 2.65. The number of carbonyl (C=O) groups is 1. The van der Waals surface area contributed by atoms with Crippen LogP contribution in [0.1, 0.15) is 6.42 Å². The molecule has 1 saturated heterocycles. The van der Waals surface area contributed by atoms with Crippen molar-refractivity contribution in [2.75, 3.05) is 20.2 Å². The van der Waals surface area contributed by atoms with E-state index in [1.54, 1.807) is 11.9 Å². The lowest BCUT2D eigenvalue weighted by Gasteiger charge is -2.11. The van der Waals surface area contributed by atoms with Gasteiger partial charge in [0.15, 0.2) is 5.82 Å². The highest BCUT2D eigenvalue weighted by Crippen LogP contribution is 2.20. The minimum Gasteiger partial charge on any atom is -0.475 e. The van der Waals surface area contributed by atoms with Crippen molar-refractivity contribution in [2.24, 2.45) is 5.92 Å². The summed E-state index contributed by atoms with van der Waals surface area (Å²) in [6.45, 7) is 0.912. The van der Waals surface area contributed by atoms with Crippen LogP contribution in [0.4, 0.5) is 4.39 Å². The number of amides is 1. The predicted molar refractivity (Wildman–Crippen MR) is 60.4 cm³/mol. The molecule has 1 aliphatic heterocycles. The Morgan fingerprint density at radius 1 is 1.71 bits per heavy atom. The van der Waals surface area contributed by atoms with Crippen LogP contribution >= 0.6 is 11.6 Å². The Labute approximate surface area is 103 Å². The van der Waals surface area contributed by atoms with Crippen molar-refractivity contribution in [1.82, 2.24) is 9.88 Å². The van der Waals surface area contributed by atoms with E-state index >= 15 is 0 Å². The van der Waals surface area contributed by atoms with Crippen molar-refractivity contribution in [3.05, 3.63) is 23.1 Å². The molecule has 1 amide bonds. The van der Waals surface area contributed by atoms with Gasteiger partial charge in [0.25, 0.3) is 0 Å². The second-order valence-corrected chi connectivity index (χ2v) is 4.53. The Morgan fingerprint density at radius 3 is 3.06 bits per heavy atom. The normalized spacial score (nSPS) is 19.8. The van der Waals surface area contributed by atoms with Gasteiger partial charge in [-0.1, -0.05) is 11.6 Å². The van der Waals surface area contributed by atoms with Crippen LogP contribution < -0.4 is 4.74 Å². The van der Waals surface area contributed by atoms with Gasteiger partial charge >= 0.3 is 0 Å². The third-order valence-corrected chi connectivity index (χ3v) is 2.86. The largest absolute Gasteiger partial charge is 0.475 e. The van der Waals surface area contributed by atoms with Crippen LogP contribution in [0.3, 0.4) is 0 Å². The van der Waals surface area contributed by atoms with Crippen molar-refractivity contribution in [2.45, 2.75) is 6.42 Å². The monoisotopic (exact) mass is 258 g/mol. The van der Waals surface area contributed by atoms with E-state index in [1.807, 2.05) is 0 Å². The molecule has 1 atom stereocenters. The Kier molecular flexibility index (Phi) is 3.47. The maximum atomic E-state index is 13.3. The average Bonchev–Trinajstić information content (AvgIpc) is 2.57. The number of aromatic nitrogens is 1. The van der Waals surface area contributed by atoms with E-state index in [9.17, 15) is 9.18 Å². The fourth-order valence-corrected chi connectivity index (χ4v) is 1.92. The highest BCUT2D eigenvalue weighted by atomic mass is 35.5. The van der Waals surface area contributed by atoms with Crippen molar-refractivity contribution in [3.8, 4) is 5.88 Å². The van der Waals surface area contributed by atoms with Gasteiger partial charge in [0, 0.05) is 32.1 Å². The lowest BCUT2D eigenvalue weighted by atomic mass is 10.1. The van der Waals surface area contributed by atoms with E-state index in [1.165, 1.54) is 6.20 Å². The second-order valence-electron chi connectivity index (χ2n) is 4.10. The Hall–Kier alpha value is -1.36. The summed E-state index contributed by atoms with van der Waals surface area (Å²) >= 11 is 5.57. The van der Waals surface area contributed by atoms with Crippen molar-refractivity contribution < 1.29 is 13.9 Å². The maximum absolute atomic E-state index is 13.3. The third kappa shape index (κ3) is 2.85. The Morgan fingerprint density at radius 2 is 2.47 bits per heavy atom. The SMILES string of the molecule is CN1CC(COc2ncc(Cl)cc2F)CC1=O. The molecule has 0 N–H and O–H groups in total. The number of rotatable bonds is 3. The van der Waals surface area contributed by atoms with Crippen LogP contribution in [0.25, 0.3) is 0 Å². The van der Waals surface area contributed by atoms with Gasteiger partial charge in [-0.25, -0.2) is 9.37 Å². The van der Waals surface area contributed by atoms with Crippen molar-refractivity contribution in [3.63, 3.8) is 0 Å². The molecule has 0 bridgehead atoms. The molecular formula is C11H12ClFN2O2. The van der Waals surface area contributed by atoms with Crippen LogP contribution in [0, 0.1) is 11.7 Å². The molecule has 92 valence electrons. The van der Waals surface area contributed by atoms with Crippen LogP contribution in [-0.4, -0.2) is 36.0 Å². The number of pyridine rings is 1. The molecule has 2 heterocycles. The number of nitrogens with zero attached hydrogens (tertiary/aromatic N) is 2. The van der Waals surface area contributed by atoms with E-state index in [4.69, 9.17) is 16.3 Å². The van der Waals surface area contributed by atoms with Crippen LogP contribution in [0.15, 0.2) is 12.3 Å². The van der Waals surface area contributed by atoms with Gasteiger partial charge in [-0.15, -0.1) is 0 Å². The molecule has 1 aromatic rings. The van der Waals surface area contributed by atoms with Crippen LogP contribution in [0.5, 0.6) is 5.88 Å². The number of carbonyl (C=O) groups excluding carboxylic acids is 1. The lowest BCUT2D eigenvalue weighted by molar-refractivity contribution is -0.126. The molecule has 1 aliphatic rings. The van der Waals surface area contributed by atoms with Crippen molar-refractivity contribution >= 4 is 17.5 Å². The molecule has 17 heavy (non-hydrogen) atoms. The first-order chi connectivity index (χ1) is 8.06. The van der Waals surface area contributed by atoms with Gasteiger partial charge in [0.2, 0.25) is 11.8 Å². The summed E-state index contributed by atoms with van der Waals surface area (Å²) in [7, 11) is 1.74. The average molecular weight is 259 g/mol. The topological polar surface area (TPSA) is 42.4 Å². The van der Waals surface area contributed by atoms with E-state index in [-0.39, 0.29) is 29.3 Å². The minimum atomic E-state index is -0.588. The molecule has 0 aliphatic carbocycles. The zero-order valence-corrected chi connectivity index (χ0v) is 10.1. The summed E-state index contributed by atoms with van der Waals surface area (Å²) in [5, 5.41) is 0.227. The molecule has 1 aromatic heterocycles. The quantitative estimate of drug-likeness (QED) is 0.829. The van der Waals surface area contributed by atoms with Gasteiger partial charge in [-0.3, -0.25) is 4.79 Å². The summed E-state index contributed by atoms with van der Waals surface area (Å²) in [5.74, 6) is -0.487. The number of ether oxygens (including phenoxy) is 1. The fraction of sp³-hybridized carbons (Fsp3) is 0.455. The summed E-state index contributed by atoms with van der Waals surface area (Å²) in [6.07, 6.45) is 1.76. The second kappa shape index (κ2) is 4.87. The highest BCUT2D eigenvalue weighted by Gasteiger charge is 2.27. The first-order valence-electron chi connectivity index (χ1n) is 5.24. The molecular weight excluding hydrogens is 247 g/mol. The fourth-order valence-electron chi connectivity index (χ4n) is 1.77. The molecule has 1 fully saturated rings. The van der Waals surface area contributed by atoms with Gasteiger partial charge in [0.05, 0.1) is 11.6 Å². The number of likely N-dealkylation sites (tertiary alicyclic amines) is 1. The van der Waals surface area contributed by atoms with Gasteiger partial charge < -0.3 is 9.64 Å². The summed E-state index contributed by atoms with van der Waals surface area (Å²) in [4.78, 5) is 16.7. The number of hydrogen-bond acceptors (Lipinski definition) is 3. The molecule has 2 rings (SSSR count). The first kappa shape index (κ1) is 12.1. The number of halogens is 2. The van der Waals surface area contributed by atoms with E-state index in [2.05, 4.69) is 4.98 Å². The molecule has 1 unspecified atom stereocenters. The van der Waals surface area contributed by atoms with E-state index < -0.39 is 5.82 Å². The standard InChI is InChI=1S/C11H12ClFN2O2/c1-15-5-7(2-10(15)16)6-17-11-9(13)3-8(12)4-14-11/h3-4,7H,2,5-6H2,1H3. The van der Waals surface area contributed by atoms with Crippen LogP contribution in [0.2, 0.25) is 5.02 Å². The van der Waals surface area contributed by atoms with Crippen LogP contribution in [-0.2, 0) is 4.79 Å². The van der Waals surface area contributed by atoms with Gasteiger partial charge in [-0.2, -0.15) is 0 Å². The molecule has 4 nitrogen and oxygen atoms in total. The zero-order valence-electron chi connectivity index (χ0n) is 9.32. The van der Waals surface area contributed by atoms with Gasteiger partial charge in [0.1, 0.15) is 0 Å². The number of hydrogen-bond donors (Lipinski definition) is 0. The molecule has 0 spiro atoms. The summed E-state index contributed by atoms with van der Waals surface area (Å²) in [5.41, 5.74) is 0. The summed E-state index contributed by atoms with van der Waals surface area (Å²) < 4.78 is 18.6.